The summed E-state index contributed by atoms with van der Waals surface area (Å²) in [4.78, 5) is 27.8. The molecule has 2 aromatic carbocycles. The zero-order chi connectivity index (χ0) is 24.8. The standard InChI is InChI=1S/C24H32BrN3O4S/c1-6-18(3)26-24(30)19(4)27(15-20-9-7-8-17(2)14-20)23(29)16-28(33(5,31)32)22-12-10-21(25)11-13-22/h7-14,18-19H,6,15-16H2,1-5H3,(H,26,30)/t18-,19+/m0/s1. The van der Waals surface area contributed by atoms with Gasteiger partial charge >= 0.3 is 0 Å². The highest BCUT2D eigenvalue weighted by atomic mass is 79.9. The van der Waals surface area contributed by atoms with Crippen molar-refractivity contribution in [2.45, 2.75) is 52.7 Å². The number of halogens is 1. The van der Waals surface area contributed by atoms with Crippen LogP contribution in [0, 0.1) is 6.92 Å². The monoisotopic (exact) mass is 537 g/mol. The van der Waals surface area contributed by atoms with E-state index >= 15 is 0 Å². The van der Waals surface area contributed by atoms with Gasteiger partial charge in [0.05, 0.1) is 11.9 Å². The Balaban J connectivity index is 2.37. The summed E-state index contributed by atoms with van der Waals surface area (Å²) >= 11 is 3.33. The molecule has 33 heavy (non-hydrogen) atoms. The Morgan fingerprint density at radius 3 is 2.27 bits per heavy atom. The number of carbonyl (C=O) groups excluding carboxylic acids is 2. The van der Waals surface area contributed by atoms with Gasteiger partial charge in [0.1, 0.15) is 12.6 Å². The molecule has 0 aliphatic heterocycles. The predicted molar refractivity (Wildman–Crippen MR) is 135 cm³/mol. The molecule has 9 heteroatoms. The van der Waals surface area contributed by atoms with Crippen molar-refractivity contribution in [3.63, 3.8) is 0 Å². The zero-order valence-electron chi connectivity index (χ0n) is 19.7. The summed E-state index contributed by atoms with van der Waals surface area (Å²) in [6.45, 7) is 7.26. The maximum absolute atomic E-state index is 13.5. The van der Waals surface area contributed by atoms with Gasteiger partial charge in [-0.1, -0.05) is 52.7 Å². The van der Waals surface area contributed by atoms with E-state index in [-0.39, 0.29) is 18.5 Å². The molecule has 2 amide bonds. The van der Waals surface area contributed by atoms with Gasteiger partial charge in [-0.15, -0.1) is 0 Å². The zero-order valence-corrected chi connectivity index (χ0v) is 22.1. The van der Waals surface area contributed by atoms with Gasteiger partial charge in [0.2, 0.25) is 21.8 Å². The molecule has 0 aliphatic carbocycles. The van der Waals surface area contributed by atoms with Gasteiger partial charge < -0.3 is 10.2 Å². The van der Waals surface area contributed by atoms with Crippen molar-refractivity contribution >= 4 is 43.5 Å². The molecule has 0 aromatic heterocycles. The fourth-order valence-electron chi connectivity index (χ4n) is 3.28. The van der Waals surface area contributed by atoms with Gasteiger partial charge in [-0.3, -0.25) is 13.9 Å². The van der Waals surface area contributed by atoms with Crippen LogP contribution in [0.4, 0.5) is 5.69 Å². The number of nitrogens with one attached hydrogen (secondary N) is 1. The third-order valence-electron chi connectivity index (χ3n) is 5.40. The summed E-state index contributed by atoms with van der Waals surface area (Å²) < 4.78 is 26.9. The number of amides is 2. The lowest BCUT2D eigenvalue weighted by molar-refractivity contribution is -0.139. The van der Waals surface area contributed by atoms with Gasteiger partial charge in [-0.2, -0.15) is 0 Å². The molecule has 2 aromatic rings. The quantitative estimate of drug-likeness (QED) is 0.498. The van der Waals surface area contributed by atoms with E-state index in [1.54, 1.807) is 31.2 Å². The lowest BCUT2D eigenvalue weighted by Crippen LogP contribution is -2.52. The molecule has 2 atom stereocenters. The van der Waals surface area contributed by atoms with E-state index in [0.29, 0.717) is 5.69 Å². The van der Waals surface area contributed by atoms with E-state index in [2.05, 4.69) is 21.2 Å². The molecule has 1 N–H and O–H groups in total. The highest BCUT2D eigenvalue weighted by Gasteiger charge is 2.30. The van der Waals surface area contributed by atoms with Crippen LogP contribution in [0.5, 0.6) is 0 Å². The second kappa shape index (κ2) is 11.7. The minimum absolute atomic E-state index is 0.0360. The molecule has 0 fully saturated rings. The highest BCUT2D eigenvalue weighted by molar-refractivity contribution is 9.10. The van der Waals surface area contributed by atoms with Crippen LogP contribution in [0.2, 0.25) is 0 Å². The van der Waals surface area contributed by atoms with Crippen LogP contribution in [0.1, 0.15) is 38.3 Å². The first kappa shape index (κ1) is 26.9. The third-order valence-corrected chi connectivity index (χ3v) is 7.07. The molecule has 0 saturated heterocycles. The van der Waals surface area contributed by atoms with Gasteiger partial charge in [-0.05, 0) is 57.0 Å². The molecule has 7 nitrogen and oxygen atoms in total. The first-order valence-electron chi connectivity index (χ1n) is 10.8. The molecular formula is C24H32BrN3O4S. The second-order valence-corrected chi connectivity index (χ2v) is 11.1. The molecule has 0 radical (unpaired) electrons. The van der Waals surface area contributed by atoms with Crippen LogP contribution in [-0.2, 0) is 26.2 Å². The molecule has 0 heterocycles. The molecule has 2 rings (SSSR count). The van der Waals surface area contributed by atoms with E-state index in [1.807, 2.05) is 45.0 Å². The number of sulfonamides is 1. The van der Waals surface area contributed by atoms with E-state index in [1.165, 1.54) is 4.90 Å². The first-order chi connectivity index (χ1) is 15.4. The molecule has 0 saturated carbocycles. The van der Waals surface area contributed by atoms with Crippen LogP contribution in [0.15, 0.2) is 53.0 Å². The van der Waals surface area contributed by atoms with Crippen LogP contribution in [0.3, 0.4) is 0 Å². The lowest BCUT2D eigenvalue weighted by atomic mass is 10.1. The van der Waals surface area contributed by atoms with Gasteiger partial charge in [-0.25, -0.2) is 8.42 Å². The number of carbonyl (C=O) groups is 2. The molecule has 0 aliphatic rings. The fourth-order valence-corrected chi connectivity index (χ4v) is 4.39. The van der Waals surface area contributed by atoms with Crippen molar-refractivity contribution in [2.24, 2.45) is 0 Å². The van der Waals surface area contributed by atoms with E-state index in [9.17, 15) is 18.0 Å². The van der Waals surface area contributed by atoms with E-state index in [0.717, 1.165) is 32.6 Å². The summed E-state index contributed by atoms with van der Waals surface area (Å²) in [6.07, 6.45) is 1.82. The Morgan fingerprint density at radius 2 is 1.73 bits per heavy atom. The van der Waals surface area contributed by atoms with Crippen LogP contribution < -0.4 is 9.62 Å². The number of hydrogen-bond acceptors (Lipinski definition) is 4. The second-order valence-electron chi connectivity index (χ2n) is 8.25. The largest absolute Gasteiger partial charge is 0.352 e. The maximum Gasteiger partial charge on any atom is 0.244 e. The summed E-state index contributed by atoms with van der Waals surface area (Å²) in [6, 6.07) is 13.5. The molecule has 0 bridgehead atoms. The van der Waals surface area contributed by atoms with Crippen LogP contribution in [0.25, 0.3) is 0 Å². The Bertz CT molecular complexity index is 1070. The van der Waals surface area contributed by atoms with Crippen molar-refractivity contribution in [1.82, 2.24) is 10.2 Å². The molecular weight excluding hydrogens is 506 g/mol. The SMILES string of the molecule is CC[C@H](C)NC(=O)[C@@H](C)N(Cc1cccc(C)c1)C(=O)CN(c1ccc(Br)cc1)S(C)(=O)=O. The normalized spacial score (nSPS) is 13.2. The Kier molecular flexibility index (Phi) is 9.48. The number of benzene rings is 2. The van der Waals surface area contributed by atoms with Gasteiger partial charge in [0.25, 0.3) is 0 Å². The predicted octanol–water partition coefficient (Wildman–Crippen LogP) is 3.86. The maximum atomic E-state index is 13.5. The summed E-state index contributed by atoms with van der Waals surface area (Å²) in [5, 5.41) is 2.91. The Morgan fingerprint density at radius 1 is 1.09 bits per heavy atom. The van der Waals surface area contributed by atoms with E-state index in [4.69, 9.17) is 0 Å². The third kappa shape index (κ3) is 7.85. The minimum atomic E-state index is -3.74. The van der Waals surface area contributed by atoms with Crippen molar-refractivity contribution in [3.8, 4) is 0 Å². The number of aryl methyl sites for hydroxylation is 1. The van der Waals surface area contributed by atoms with Crippen LogP contribution >= 0.6 is 15.9 Å². The summed E-state index contributed by atoms with van der Waals surface area (Å²) in [5.74, 6) is -0.739. The average molecular weight is 539 g/mol. The fraction of sp³-hybridized carbons (Fsp3) is 0.417. The van der Waals surface area contributed by atoms with Crippen molar-refractivity contribution in [1.29, 1.82) is 0 Å². The summed E-state index contributed by atoms with van der Waals surface area (Å²) in [5.41, 5.74) is 2.27. The van der Waals surface area contributed by atoms with E-state index < -0.39 is 28.5 Å². The Labute approximate surface area is 205 Å². The topological polar surface area (TPSA) is 86.8 Å². The van der Waals surface area contributed by atoms with Gasteiger partial charge in [0.15, 0.2) is 0 Å². The Hall–Kier alpha value is -2.39. The number of hydrogen-bond donors (Lipinski definition) is 1. The van der Waals surface area contributed by atoms with Crippen LogP contribution in [-0.4, -0.2) is 50.0 Å². The highest BCUT2D eigenvalue weighted by Crippen LogP contribution is 2.22. The smallest absolute Gasteiger partial charge is 0.244 e. The van der Waals surface area contributed by atoms with Crippen molar-refractivity contribution < 1.29 is 18.0 Å². The van der Waals surface area contributed by atoms with Gasteiger partial charge in [0, 0.05) is 17.1 Å². The average Bonchev–Trinajstić information content (AvgIpc) is 2.75. The first-order valence-corrected chi connectivity index (χ1v) is 13.4. The number of rotatable bonds is 10. The molecule has 0 unspecified atom stereocenters. The molecule has 0 spiro atoms. The van der Waals surface area contributed by atoms with Crippen molar-refractivity contribution in [2.75, 3.05) is 17.1 Å². The number of anilines is 1. The number of nitrogens with zero attached hydrogens (tertiary/aromatic N) is 2. The van der Waals surface area contributed by atoms with Crippen molar-refractivity contribution in [3.05, 3.63) is 64.1 Å². The summed E-state index contributed by atoms with van der Waals surface area (Å²) in [7, 11) is -3.74. The lowest BCUT2D eigenvalue weighted by Gasteiger charge is -2.32. The minimum Gasteiger partial charge on any atom is -0.352 e. The molecule has 180 valence electrons.